The van der Waals surface area contributed by atoms with E-state index < -0.39 is 17.3 Å². The standard InChI is InChI=1S/C23H29F2N5O3/c1-17-3-2-4-18(15-17)16-26-28-21-19(24)22(30-8-12-32-13-9-30)27-23(20(21)25)33-14-7-29-5-10-31-11-6-29/h2-4,15H,5-14,16H2,1H3. The maximum atomic E-state index is 15.3. The average Bonchev–Trinajstić information content (AvgIpc) is 2.84. The van der Waals surface area contributed by atoms with Crippen LogP contribution in [0.4, 0.5) is 20.3 Å². The molecule has 0 aliphatic carbocycles. The van der Waals surface area contributed by atoms with Crippen LogP contribution >= 0.6 is 0 Å². The second-order valence-electron chi connectivity index (χ2n) is 8.01. The molecule has 0 radical (unpaired) electrons. The first-order valence-corrected chi connectivity index (χ1v) is 11.2. The van der Waals surface area contributed by atoms with Crippen molar-refractivity contribution in [1.82, 2.24) is 9.88 Å². The van der Waals surface area contributed by atoms with Gasteiger partial charge in [0.2, 0.25) is 5.82 Å². The van der Waals surface area contributed by atoms with Gasteiger partial charge in [-0.3, -0.25) is 4.90 Å². The number of anilines is 1. The molecule has 2 aromatic rings. The molecule has 0 saturated carbocycles. The number of morpholine rings is 2. The molecule has 0 amide bonds. The average molecular weight is 462 g/mol. The summed E-state index contributed by atoms with van der Waals surface area (Å²) in [5.41, 5.74) is 1.50. The van der Waals surface area contributed by atoms with Crippen LogP contribution in [0, 0.1) is 18.6 Å². The van der Waals surface area contributed by atoms with Crippen LogP contribution in [0.3, 0.4) is 0 Å². The first kappa shape index (κ1) is 23.5. The Morgan fingerprint density at radius 3 is 2.48 bits per heavy atom. The van der Waals surface area contributed by atoms with E-state index in [-0.39, 0.29) is 24.8 Å². The second-order valence-corrected chi connectivity index (χ2v) is 8.01. The molecule has 178 valence electrons. The Balaban J connectivity index is 1.54. The summed E-state index contributed by atoms with van der Waals surface area (Å²) in [6, 6.07) is 7.73. The Labute approximate surface area is 192 Å². The predicted molar refractivity (Wildman–Crippen MR) is 119 cm³/mol. The van der Waals surface area contributed by atoms with Gasteiger partial charge in [-0.25, -0.2) is 4.39 Å². The zero-order chi connectivity index (χ0) is 23.0. The zero-order valence-corrected chi connectivity index (χ0v) is 18.8. The van der Waals surface area contributed by atoms with Crippen molar-refractivity contribution in [3.8, 4) is 5.88 Å². The second kappa shape index (κ2) is 11.4. The highest BCUT2D eigenvalue weighted by Gasteiger charge is 2.26. The Kier molecular flexibility index (Phi) is 8.14. The largest absolute Gasteiger partial charge is 0.474 e. The number of hydrogen-bond acceptors (Lipinski definition) is 8. The van der Waals surface area contributed by atoms with Crippen molar-refractivity contribution in [2.75, 3.05) is 70.7 Å². The Hall–Kier alpha value is -2.69. The molecule has 0 N–H and O–H groups in total. The van der Waals surface area contributed by atoms with E-state index in [4.69, 9.17) is 14.2 Å². The van der Waals surface area contributed by atoms with Crippen molar-refractivity contribution >= 4 is 11.5 Å². The van der Waals surface area contributed by atoms with Crippen molar-refractivity contribution in [2.24, 2.45) is 10.2 Å². The number of azo groups is 1. The molecule has 2 aliphatic heterocycles. The lowest BCUT2D eigenvalue weighted by molar-refractivity contribution is 0.0317. The zero-order valence-electron chi connectivity index (χ0n) is 18.8. The molecular weight excluding hydrogens is 432 g/mol. The van der Waals surface area contributed by atoms with Gasteiger partial charge in [0.25, 0.3) is 5.88 Å². The maximum absolute atomic E-state index is 15.3. The van der Waals surface area contributed by atoms with E-state index in [0.29, 0.717) is 46.1 Å². The molecule has 2 aliphatic rings. The summed E-state index contributed by atoms with van der Waals surface area (Å²) in [5, 5.41) is 7.97. The number of pyridine rings is 1. The monoisotopic (exact) mass is 461 g/mol. The third-order valence-electron chi connectivity index (χ3n) is 5.57. The first-order valence-electron chi connectivity index (χ1n) is 11.2. The lowest BCUT2D eigenvalue weighted by Crippen LogP contribution is -2.39. The number of rotatable bonds is 8. The van der Waals surface area contributed by atoms with Crippen LogP contribution in [-0.2, 0) is 16.0 Å². The van der Waals surface area contributed by atoms with Gasteiger partial charge in [0.15, 0.2) is 17.3 Å². The molecule has 0 bridgehead atoms. The molecule has 4 rings (SSSR count). The van der Waals surface area contributed by atoms with Gasteiger partial charge in [0.1, 0.15) is 6.61 Å². The van der Waals surface area contributed by atoms with Gasteiger partial charge >= 0.3 is 0 Å². The fraction of sp³-hybridized carbons (Fsp3) is 0.522. The molecule has 2 fully saturated rings. The predicted octanol–water partition coefficient (Wildman–Crippen LogP) is 3.50. The summed E-state index contributed by atoms with van der Waals surface area (Å²) in [6.07, 6.45) is 0. The highest BCUT2D eigenvalue weighted by Crippen LogP contribution is 2.35. The van der Waals surface area contributed by atoms with Crippen LogP contribution in [0.15, 0.2) is 34.5 Å². The van der Waals surface area contributed by atoms with Crippen molar-refractivity contribution in [3.05, 3.63) is 47.0 Å². The molecule has 3 heterocycles. The van der Waals surface area contributed by atoms with Gasteiger partial charge in [-0.15, -0.1) is 5.11 Å². The normalized spacial score (nSPS) is 17.6. The molecule has 0 atom stereocenters. The first-order chi connectivity index (χ1) is 16.1. The number of aryl methyl sites for hydroxylation is 1. The van der Waals surface area contributed by atoms with E-state index in [1.165, 1.54) is 0 Å². The van der Waals surface area contributed by atoms with Crippen molar-refractivity contribution < 1.29 is 23.0 Å². The Morgan fingerprint density at radius 2 is 1.76 bits per heavy atom. The maximum Gasteiger partial charge on any atom is 0.255 e. The number of halogens is 2. The third kappa shape index (κ3) is 6.21. The third-order valence-corrected chi connectivity index (χ3v) is 5.57. The van der Waals surface area contributed by atoms with Gasteiger partial charge in [0, 0.05) is 32.7 Å². The van der Waals surface area contributed by atoms with Crippen molar-refractivity contribution in [3.63, 3.8) is 0 Å². The number of nitrogens with zero attached hydrogens (tertiary/aromatic N) is 5. The number of benzene rings is 1. The summed E-state index contributed by atoms with van der Waals surface area (Å²) in [6.45, 7) is 7.68. The van der Waals surface area contributed by atoms with Crippen LogP contribution < -0.4 is 9.64 Å². The highest BCUT2D eigenvalue weighted by atomic mass is 19.1. The topological polar surface area (TPSA) is 71.8 Å². The van der Waals surface area contributed by atoms with Crippen molar-refractivity contribution in [2.45, 2.75) is 13.5 Å². The summed E-state index contributed by atoms with van der Waals surface area (Å²) in [5.74, 6) is -2.05. The molecule has 33 heavy (non-hydrogen) atoms. The molecular formula is C23H29F2N5O3. The SMILES string of the molecule is Cc1cccc(CN=Nc2c(F)c(OCCN3CCOCC3)nc(N3CCOCC3)c2F)c1. The summed E-state index contributed by atoms with van der Waals surface area (Å²) in [7, 11) is 0. The van der Waals surface area contributed by atoms with Gasteiger partial charge in [0.05, 0.1) is 33.0 Å². The van der Waals surface area contributed by atoms with E-state index in [9.17, 15) is 0 Å². The van der Waals surface area contributed by atoms with E-state index in [1.54, 1.807) is 4.90 Å². The molecule has 0 spiro atoms. The molecule has 8 nitrogen and oxygen atoms in total. The number of hydrogen-bond donors (Lipinski definition) is 0. The fourth-order valence-corrected chi connectivity index (χ4v) is 3.76. The number of ether oxygens (including phenoxy) is 3. The summed E-state index contributed by atoms with van der Waals surface area (Å²) >= 11 is 0. The van der Waals surface area contributed by atoms with E-state index in [0.717, 1.165) is 24.2 Å². The van der Waals surface area contributed by atoms with Crippen LogP contribution in [-0.4, -0.2) is 75.6 Å². The van der Waals surface area contributed by atoms with E-state index in [2.05, 4.69) is 20.1 Å². The quantitative estimate of drug-likeness (QED) is 0.561. The van der Waals surface area contributed by atoms with Gasteiger partial charge < -0.3 is 19.1 Å². The van der Waals surface area contributed by atoms with Gasteiger partial charge in [-0.2, -0.15) is 14.5 Å². The summed E-state index contributed by atoms with van der Waals surface area (Å²) < 4.78 is 46.8. The minimum Gasteiger partial charge on any atom is -0.474 e. The number of aromatic nitrogens is 1. The minimum atomic E-state index is -0.945. The van der Waals surface area contributed by atoms with Crippen LogP contribution in [0.5, 0.6) is 5.88 Å². The molecule has 10 heteroatoms. The van der Waals surface area contributed by atoms with Crippen LogP contribution in [0.1, 0.15) is 11.1 Å². The highest BCUT2D eigenvalue weighted by molar-refractivity contribution is 5.56. The Morgan fingerprint density at radius 1 is 1.03 bits per heavy atom. The van der Waals surface area contributed by atoms with Gasteiger partial charge in [-0.1, -0.05) is 29.8 Å². The van der Waals surface area contributed by atoms with E-state index >= 15 is 8.78 Å². The molecule has 1 aromatic carbocycles. The smallest absolute Gasteiger partial charge is 0.255 e. The minimum absolute atomic E-state index is 0.00516. The van der Waals surface area contributed by atoms with Gasteiger partial charge in [-0.05, 0) is 12.5 Å². The lowest BCUT2D eigenvalue weighted by atomic mass is 10.1. The lowest BCUT2D eigenvalue weighted by Gasteiger charge is -2.29. The van der Waals surface area contributed by atoms with Crippen molar-refractivity contribution in [1.29, 1.82) is 0 Å². The molecule has 1 aromatic heterocycles. The van der Waals surface area contributed by atoms with Crippen LogP contribution in [0.25, 0.3) is 0 Å². The summed E-state index contributed by atoms with van der Waals surface area (Å²) in [4.78, 5) is 8.05. The molecule has 0 unspecified atom stereocenters. The fourth-order valence-electron chi connectivity index (χ4n) is 3.76. The Bertz CT molecular complexity index is 963. The van der Waals surface area contributed by atoms with E-state index in [1.807, 2.05) is 31.2 Å². The van der Waals surface area contributed by atoms with Crippen LogP contribution in [0.2, 0.25) is 0 Å². The molecule has 2 saturated heterocycles.